The standard InChI is InChI=1S/C12H25NO3S/c1-10(9-12(2,3)16-4)13-11-5-7-17(14,15)8-6-11/h10-11,13H,5-9H2,1-4H3. The first kappa shape index (κ1) is 14.9. The number of sulfone groups is 1. The van der Waals surface area contributed by atoms with Crippen LogP contribution in [0.5, 0.6) is 0 Å². The second-order valence-electron chi connectivity index (χ2n) is 5.66. The van der Waals surface area contributed by atoms with Gasteiger partial charge in [0.1, 0.15) is 9.84 Å². The summed E-state index contributed by atoms with van der Waals surface area (Å²) in [6.07, 6.45) is 2.40. The van der Waals surface area contributed by atoms with Gasteiger partial charge in [0.15, 0.2) is 0 Å². The Morgan fingerprint density at radius 2 is 1.88 bits per heavy atom. The lowest BCUT2D eigenvalue weighted by Gasteiger charge is -2.31. The predicted molar refractivity (Wildman–Crippen MR) is 70.0 cm³/mol. The molecule has 1 aliphatic rings. The molecule has 0 amide bonds. The van der Waals surface area contributed by atoms with E-state index in [1.54, 1.807) is 7.11 Å². The van der Waals surface area contributed by atoms with Crippen molar-refractivity contribution in [3.63, 3.8) is 0 Å². The number of hydrogen-bond acceptors (Lipinski definition) is 4. The van der Waals surface area contributed by atoms with Crippen LogP contribution in [-0.4, -0.2) is 44.7 Å². The molecule has 1 rings (SSSR count). The van der Waals surface area contributed by atoms with Gasteiger partial charge in [-0.2, -0.15) is 0 Å². The predicted octanol–water partition coefficient (Wildman–Crippen LogP) is 1.36. The van der Waals surface area contributed by atoms with Gasteiger partial charge in [-0.25, -0.2) is 8.42 Å². The summed E-state index contributed by atoms with van der Waals surface area (Å²) < 4.78 is 28.0. The Morgan fingerprint density at radius 3 is 2.35 bits per heavy atom. The second-order valence-corrected chi connectivity index (χ2v) is 7.97. The fourth-order valence-corrected chi connectivity index (χ4v) is 3.83. The summed E-state index contributed by atoms with van der Waals surface area (Å²) in [6, 6.07) is 0.678. The zero-order valence-corrected chi connectivity index (χ0v) is 12.1. The van der Waals surface area contributed by atoms with E-state index in [1.165, 1.54) is 0 Å². The van der Waals surface area contributed by atoms with Crippen molar-refractivity contribution in [2.24, 2.45) is 0 Å². The van der Waals surface area contributed by atoms with Crippen molar-refractivity contribution in [2.75, 3.05) is 18.6 Å². The molecule has 102 valence electrons. The van der Waals surface area contributed by atoms with Gasteiger partial charge in [0.05, 0.1) is 17.1 Å². The van der Waals surface area contributed by atoms with E-state index in [1.807, 2.05) is 0 Å². The fourth-order valence-electron chi connectivity index (χ4n) is 2.34. The molecule has 0 radical (unpaired) electrons. The lowest BCUT2D eigenvalue weighted by Crippen LogP contribution is -2.44. The zero-order chi connectivity index (χ0) is 13.1. The molecule has 1 atom stereocenters. The highest BCUT2D eigenvalue weighted by atomic mass is 32.2. The van der Waals surface area contributed by atoms with E-state index < -0.39 is 9.84 Å². The highest BCUT2D eigenvalue weighted by Gasteiger charge is 2.26. The number of nitrogens with one attached hydrogen (secondary N) is 1. The summed E-state index contributed by atoms with van der Waals surface area (Å²) in [7, 11) is -1.03. The van der Waals surface area contributed by atoms with Gasteiger partial charge in [0.25, 0.3) is 0 Å². The number of hydrogen-bond donors (Lipinski definition) is 1. The lowest BCUT2D eigenvalue weighted by molar-refractivity contribution is 0.00758. The van der Waals surface area contributed by atoms with Crippen LogP contribution >= 0.6 is 0 Å². The summed E-state index contributed by atoms with van der Waals surface area (Å²) in [5, 5.41) is 3.50. The molecule has 1 saturated heterocycles. The van der Waals surface area contributed by atoms with Crippen LogP contribution in [-0.2, 0) is 14.6 Å². The molecule has 0 aromatic carbocycles. The minimum atomic E-state index is -2.76. The van der Waals surface area contributed by atoms with Crippen LogP contribution in [0.15, 0.2) is 0 Å². The maximum absolute atomic E-state index is 11.3. The van der Waals surface area contributed by atoms with Crippen LogP contribution < -0.4 is 5.32 Å². The van der Waals surface area contributed by atoms with Crippen molar-refractivity contribution in [3.05, 3.63) is 0 Å². The van der Waals surface area contributed by atoms with Crippen molar-refractivity contribution in [3.8, 4) is 0 Å². The fraction of sp³-hybridized carbons (Fsp3) is 1.00. The molecule has 1 unspecified atom stereocenters. The van der Waals surface area contributed by atoms with Crippen molar-refractivity contribution < 1.29 is 13.2 Å². The molecule has 0 aliphatic carbocycles. The van der Waals surface area contributed by atoms with Gasteiger partial charge in [-0.15, -0.1) is 0 Å². The largest absolute Gasteiger partial charge is 0.379 e. The summed E-state index contributed by atoms with van der Waals surface area (Å²) in [5.41, 5.74) is -0.132. The lowest BCUT2D eigenvalue weighted by atomic mass is 9.98. The Kier molecular flexibility index (Phi) is 4.98. The summed E-state index contributed by atoms with van der Waals surface area (Å²) in [6.45, 7) is 6.26. The van der Waals surface area contributed by atoms with Gasteiger partial charge >= 0.3 is 0 Å². The molecular formula is C12H25NO3S. The number of methoxy groups -OCH3 is 1. The third-order valence-corrected chi connectivity index (χ3v) is 5.14. The first-order valence-electron chi connectivity index (χ1n) is 6.26. The molecule has 1 heterocycles. The Balaban J connectivity index is 2.35. The van der Waals surface area contributed by atoms with Crippen LogP contribution in [0.4, 0.5) is 0 Å². The topological polar surface area (TPSA) is 55.4 Å². The maximum atomic E-state index is 11.3. The Hall–Kier alpha value is -0.130. The highest BCUT2D eigenvalue weighted by molar-refractivity contribution is 7.91. The molecule has 17 heavy (non-hydrogen) atoms. The number of rotatable bonds is 5. The molecule has 0 saturated carbocycles. The van der Waals surface area contributed by atoms with E-state index in [0.29, 0.717) is 23.6 Å². The third kappa shape index (κ3) is 5.36. The molecule has 0 bridgehead atoms. The van der Waals surface area contributed by atoms with E-state index in [2.05, 4.69) is 26.1 Å². The summed E-state index contributed by atoms with van der Waals surface area (Å²) >= 11 is 0. The van der Waals surface area contributed by atoms with Gasteiger partial charge in [0, 0.05) is 19.2 Å². The molecule has 5 heteroatoms. The van der Waals surface area contributed by atoms with Crippen molar-refractivity contribution in [1.29, 1.82) is 0 Å². The van der Waals surface area contributed by atoms with Gasteiger partial charge in [-0.05, 0) is 40.0 Å². The van der Waals surface area contributed by atoms with E-state index in [0.717, 1.165) is 19.3 Å². The van der Waals surface area contributed by atoms with E-state index in [4.69, 9.17) is 4.74 Å². The number of ether oxygens (including phenoxy) is 1. The minimum Gasteiger partial charge on any atom is -0.379 e. The van der Waals surface area contributed by atoms with Crippen LogP contribution in [0.1, 0.15) is 40.0 Å². The Morgan fingerprint density at radius 1 is 1.35 bits per heavy atom. The van der Waals surface area contributed by atoms with Crippen molar-refractivity contribution in [1.82, 2.24) is 5.32 Å². The molecule has 0 aromatic rings. The minimum absolute atomic E-state index is 0.132. The summed E-state index contributed by atoms with van der Waals surface area (Å²) in [4.78, 5) is 0. The van der Waals surface area contributed by atoms with Crippen LogP contribution in [0.2, 0.25) is 0 Å². The third-order valence-electron chi connectivity index (χ3n) is 3.43. The first-order chi connectivity index (χ1) is 7.74. The molecule has 0 aromatic heterocycles. The molecule has 1 aliphatic heterocycles. The molecule has 1 N–H and O–H groups in total. The smallest absolute Gasteiger partial charge is 0.150 e. The quantitative estimate of drug-likeness (QED) is 0.813. The van der Waals surface area contributed by atoms with E-state index in [9.17, 15) is 8.42 Å². The normalized spacial score (nSPS) is 23.5. The molecule has 4 nitrogen and oxygen atoms in total. The Labute approximate surface area is 105 Å². The van der Waals surface area contributed by atoms with Crippen LogP contribution in [0, 0.1) is 0 Å². The average Bonchev–Trinajstić information content (AvgIpc) is 2.20. The highest BCUT2D eigenvalue weighted by Crippen LogP contribution is 2.18. The van der Waals surface area contributed by atoms with Crippen molar-refractivity contribution >= 4 is 9.84 Å². The molecule has 0 spiro atoms. The second kappa shape index (κ2) is 5.67. The first-order valence-corrected chi connectivity index (χ1v) is 8.08. The van der Waals surface area contributed by atoms with Gasteiger partial charge in [-0.3, -0.25) is 0 Å². The van der Waals surface area contributed by atoms with E-state index in [-0.39, 0.29) is 5.60 Å². The molecule has 1 fully saturated rings. The zero-order valence-electron chi connectivity index (χ0n) is 11.3. The maximum Gasteiger partial charge on any atom is 0.150 e. The Bertz CT molecular complexity index is 324. The summed E-state index contributed by atoms with van der Waals surface area (Å²) in [5.74, 6) is 0.649. The van der Waals surface area contributed by atoms with Gasteiger partial charge in [-0.1, -0.05) is 0 Å². The van der Waals surface area contributed by atoms with Crippen molar-refractivity contribution in [2.45, 2.75) is 57.7 Å². The van der Waals surface area contributed by atoms with Gasteiger partial charge in [0.2, 0.25) is 0 Å². The van der Waals surface area contributed by atoms with Crippen LogP contribution in [0.3, 0.4) is 0 Å². The molecular weight excluding hydrogens is 238 g/mol. The van der Waals surface area contributed by atoms with Gasteiger partial charge < -0.3 is 10.1 Å². The SMILES string of the molecule is COC(C)(C)CC(C)NC1CCS(=O)(=O)CC1. The monoisotopic (exact) mass is 263 g/mol. The van der Waals surface area contributed by atoms with Crippen LogP contribution in [0.25, 0.3) is 0 Å². The van der Waals surface area contributed by atoms with E-state index >= 15 is 0 Å². The average molecular weight is 263 g/mol.